The summed E-state index contributed by atoms with van der Waals surface area (Å²) in [5.41, 5.74) is 8.17. The minimum atomic E-state index is 0.728. The Morgan fingerprint density at radius 2 is 1.34 bits per heavy atom. The zero-order valence-corrected chi connectivity index (χ0v) is 17.1. The lowest BCUT2D eigenvalue weighted by atomic mass is 9.86. The molecule has 3 aromatic carbocycles. The first-order valence-electron chi connectivity index (χ1n) is 9.73. The van der Waals surface area contributed by atoms with Crippen LogP contribution in [0.5, 0.6) is 0 Å². The molecule has 0 radical (unpaired) electrons. The predicted octanol–water partition coefficient (Wildman–Crippen LogP) is 7.25. The molecule has 1 aromatic heterocycles. The third-order valence-corrected chi connectivity index (χ3v) is 5.30. The van der Waals surface area contributed by atoms with Crippen LogP contribution in [0.2, 0.25) is 5.02 Å². The maximum Gasteiger partial charge on any atom is 0.0476 e. The molecular formula is C27H22ClN. The highest BCUT2D eigenvalue weighted by Crippen LogP contribution is 2.35. The van der Waals surface area contributed by atoms with Gasteiger partial charge in [0.25, 0.3) is 0 Å². The second-order valence-corrected chi connectivity index (χ2v) is 7.48. The van der Waals surface area contributed by atoms with Crippen molar-refractivity contribution in [2.45, 2.75) is 13.3 Å². The molecule has 0 bridgehead atoms. The van der Waals surface area contributed by atoms with E-state index in [1.165, 1.54) is 27.8 Å². The average molecular weight is 396 g/mol. The first kappa shape index (κ1) is 19.2. The predicted molar refractivity (Wildman–Crippen MR) is 123 cm³/mol. The van der Waals surface area contributed by atoms with E-state index in [1.54, 1.807) is 0 Å². The topological polar surface area (TPSA) is 12.9 Å². The largest absolute Gasteiger partial charge is 0.261 e. The molecule has 29 heavy (non-hydrogen) atoms. The van der Waals surface area contributed by atoms with Gasteiger partial charge < -0.3 is 0 Å². The fourth-order valence-corrected chi connectivity index (χ4v) is 3.80. The van der Waals surface area contributed by atoms with Gasteiger partial charge in [-0.1, -0.05) is 90.5 Å². The Kier molecular flexibility index (Phi) is 5.88. The van der Waals surface area contributed by atoms with E-state index in [4.69, 9.17) is 11.6 Å². The van der Waals surface area contributed by atoms with Gasteiger partial charge in [0.15, 0.2) is 0 Å². The lowest BCUT2D eigenvalue weighted by Crippen LogP contribution is -2.01. The molecule has 0 aliphatic rings. The maximum atomic E-state index is 6.38. The van der Waals surface area contributed by atoms with Gasteiger partial charge in [-0.3, -0.25) is 4.98 Å². The molecule has 0 aliphatic carbocycles. The molecule has 0 unspecified atom stereocenters. The number of pyridine rings is 1. The van der Waals surface area contributed by atoms with Gasteiger partial charge in [-0.2, -0.15) is 0 Å². The normalized spacial score (nSPS) is 10.6. The molecule has 0 amide bonds. The summed E-state index contributed by atoms with van der Waals surface area (Å²) in [6, 6.07) is 33.3. The Balaban J connectivity index is 2.01. The molecule has 1 heterocycles. The zero-order valence-electron chi connectivity index (χ0n) is 16.3. The lowest BCUT2D eigenvalue weighted by molar-refractivity contribution is 1.08. The fourth-order valence-electron chi connectivity index (χ4n) is 3.61. The van der Waals surface area contributed by atoms with Crippen LogP contribution in [0.4, 0.5) is 0 Å². The number of aryl methyl sites for hydroxylation is 1. The first-order valence-corrected chi connectivity index (χ1v) is 10.1. The van der Waals surface area contributed by atoms with Gasteiger partial charge in [-0.25, -0.2) is 0 Å². The van der Waals surface area contributed by atoms with Crippen molar-refractivity contribution >= 4 is 22.7 Å². The molecule has 4 aromatic rings. The van der Waals surface area contributed by atoms with Crippen molar-refractivity contribution in [2.24, 2.45) is 0 Å². The van der Waals surface area contributed by atoms with E-state index in [2.05, 4.69) is 72.6 Å². The van der Waals surface area contributed by atoms with Gasteiger partial charge >= 0.3 is 0 Å². The van der Waals surface area contributed by atoms with Crippen molar-refractivity contribution < 1.29 is 0 Å². The average Bonchev–Trinajstić information content (AvgIpc) is 2.76. The summed E-state index contributed by atoms with van der Waals surface area (Å²) in [7, 11) is 0. The van der Waals surface area contributed by atoms with Crippen molar-refractivity contribution in [3.63, 3.8) is 0 Å². The van der Waals surface area contributed by atoms with Crippen LogP contribution in [0.15, 0.2) is 103 Å². The van der Waals surface area contributed by atoms with Crippen molar-refractivity contribution in [3.05, 3.63) is 136 Å². The Bertz CT molecular complexity index is 1090. The van der Waals surface area contributed by atoms with Crippen LogP contribution < -0.4 is 0 Å². The standard InChI is InChI=1S/C27H22ClN/c1-20-10-9-17-29-26(20)19-25(23-15-8-16-24(28)18-23)27(21-11-4-2-5-12-21)22-13-6-3-7-14-22/h2-18H,19H2,1H3. The second-order valence-electron chi connectivity index (χ2n) is 7.04. The van der Waals surface area contributed by atoms with Crippen LogP contribution in [-0.2, 0) is 6.42 Å². The molecular weight excluding hydrogens is 374 g/mol. The van der Waals surface area contributed by atoms with Gasteiger partial charge in [-0.15, -0.1) is 0 Å². The molecule has 142 valence electrons. The number of aromatic nitrogens is 1. The molecule has 0 saturated heterocycles. The molecule has 0 atom stereocenters. The minimum absolute atomic E-state index is 0.728. The number of allylic oxidation sites excluding steroid dienone is 1. The minimum Gasteiger partial charge on any atom is -0.261 e. The molecule has 1 nitrogen and oxygen atoms in total. The number of benzene rings is 3. The van der Waals surface area contributed by atoms with E-state index in [-0.39, 0.29) is 0 Å². The van der Waals surface area contributed by atoms with Crippen molar-refractivity contribution in [3.8, 4) is 0 Å². The van der Waals surface area contributed by atoms with E-state index in [0.717, 1.165) is 22.7 Å². The molecule has 0 saturated carbocycles. The molecule has 0 fully saturated rings. The van der Waals surface area contributed by atoms with E-state index in [0.29, 0.717) is 0 Å². The first-order chi connectivity index (χ1) is 14.2. The monoisotopic (exact) mass is 395 g/mol. The zero-order chi connectivity index (χ0) is 20.1. The van der Waals surface area contributed by atoms with E-state index in [9.17, 15) is 0 Å². The van der Waals surface area contributed by atoms with Crippen molar-refractivity contribution in [1.29, 1.82) is 0 Å². The molecule has 4 rings (SSSR count). The van der Waals surface area contributed by atoms with Crippen LogP contribution in [0.3, 0.4) is 0 Å². The number of hydrogen-bond donors (Lipinski definition) is 0. The van der Waals surface area contributed by atoms with Gasteiger partial charge in [0, 0.05) is 23.3 Å². The number of halogens is 1. The maximum absolute atomic E-state index is 6.38. The highest BCUT2D eigenvalue weighted by molar-refractivity contribution is 6.30. The Morgan fingerprint density at radius 3 is 1.93 bits per heavy atom. The second kappa shape index (κ2) is 8.89. The Labute approximate surface area is 177 Å². The number of nitrogens with zero attached hydrogens (tertiary/aromatic N) is 1. The van der Waals surface area contributed by atoms with Gasteiger partial charge in [0.1, 0.15) is 0 Å². The number of rotatable bonds is 5. The van der Waals surface area contributed by atoms with Crippen molar-refractivity contribution in [2.75, 3.05) is 0 Å². The van der Waals surface area contributed by atoms with Crippen molar-refractivity contribution in [1.82, 2.24) is 4.98 Å². The lowest BCUT2D eigenvalue weighted by Gasteiger charge is -2.18. The van der Waals surface area contributed by atoms with E-state index < -0.39 is 0 Å². The van der Waals surface area contributed by atoms with E-state index in [1.807, 2.05) is 42.6 Å². The Morgan fingerprint density at radius 1 is 0.724 bits per heavy atom. The molecule has 2 heteroatoms. The quantitative estimate of drug-likeness (QED) is 0.324. The molecule has 0 spiro atoms. The fraction of sp³-hybridized carbons (Fsp3) is 0.0741. The van der Waals surface area contributed by atoms with Gasteiger partial charge in [0.05, 0.1) is 0 Å². The summed E-state index contributed by atoms with van der Waals surface area (Å²) in [6.45, 7) is 2.11. The molecule has 0 aliphatic heterocycles. The van der Waals surface area contributed by atoms with E-state index >= 15 is 0 Å². The van der Waals surface area contributed by atoms with Gasteiger partial charge in [-0.05, 0) is 58.5 Å². The highest BCUT2D eigenvalue weighted by atomic mass is 35.5. The summed E-state index contributed by atoms with van der Waals surface area (Å²) in [6.07, 6.45) is 2.59. The summed E-state index contributed by atoms with van der Waals surface area (Å²) >= 11 is 6.38. The van der Waals surface area contributed by atoms with Crippen LogP contribution in [0.25, 0.3) is 11.1 Å². The summed E-state index contributed by atoms with van der Waals surface area (Å²) in [5, 5.41) is 0.734. The summed E-state index contributed by atoms with van der Waals surface area (Å²) in [5.74, 6) is 0. The van der Waals surface area contributed by atoms with Crippen LogP contribution in [-0.4, -0.2) is 4.98 Å². The third kappa shape index (κ3) is 4.47. The SMILES string of the molecule is Cc1cccnc1CC(=C(c1ccccc1)c1ccccc1)c1cccc(Cl)c1. The summed E-state index contributed by atoms with van der Waals surface area (Å²) in [4.78, 5) is 4.67. The Hall–Kier alpha value is -3.16. The van der Waals surface area contributed by atoms with Crippen LogP contribution in [0.1, 0.15) is 27.9 Å². The smallest absolute Gasteiger partial charge is 0.0476 e. The molecule has 0 N–H and O–H groups in total. The van der Waals surface area contributed by atoms with Gasteiger partial charge in [0.2, 0.25) is 0 Å². The third-order valence-electron chi connectivity index (χ3n) is 5.06. The van der Waals surface area contributed by atoms with Crippen LogP contribution >= 0.6 is 11.6 Å². The summed E-state index contributed by atoms with van der Waals surface area (Å²) < 4.78 is 0. The highest BCUT2D eigenvalue weighted by Gasteiger charge is 2.16. The van der Waals surface area contributed by atoms with Crippen LogP contribution in [0, 0.1) is 6.92 Å². The number of hydrogen-bond acceptors (Lipinski definition) is 1.